The number of para-hydroxylation sites is 1. The van der Waals surface area contributed by atoms with Crippen LogP contribution in [0.4, 0.5) is 5.69 Å². The minimum absolute atomic E-state index is 0.0739. The highest BCUT2D eigenvalue weighted by atomic mass is 16.2. The van der Waals surface area contributed by atoms with Crippen LogP contribution in [0.2, 0.25) is 0 Å². The minimum Gasteiger partial charge on any atom is -0.344 e. The Morgan fingerprint density at radius 3 is 2.35 bits per heavy atom. The van der Waals surface area contributed by atoms with E-state index in [-0.39, 0.29) is 47.9 Å². The number of benzene rings is 1. The van der Waals surface area contributed by atoms with Crippen molar-refractivity contribution in [1.29, 1.82) is 0 Å². The summed E-state index contributed by atoms with van der Waals surface area (Å²) in [6, 6.07) is 5.74. The Balaban J connectivity index is 1.94. The number of anilines is 1. The summed E-state index contributed by atoms with van der Waals surface area (Å²) in [6.45, 7) is 23.3. The standard InChI is InChI=1S/C31H45N5O4/c1-19(2)15-23(35(10)25(37)22(16-29(3,4)5)34-27(39)30(6,7)8)26(38)36-18-31(17-24(36)32-9)20-13-11-12-14-21(20)33-28(31)40/h11-14,19,22-24H,15-18H2,1-8,10H3,(H,33,40)(H,34,39)/t22-,23-,24-,31-/m0/s1. The van der Waals surface area contributed by atoms with Gasteiger partial charge in [-0.15, -0.1) is 0 Å². The molecule has 2 aliphatic heterocycles. The van der Waals surface area contributed by atoms with Crippen molar-refractivity contribution in [2.75, 3.05) is 18.9 Å². The molecule has 2 heterocycles. The number of hydrogen-bond acceptors (Lipinski definition) is 4. The van der Waals surface area contributed by atoms with Crippen LogP contribution in [0.5, 0.6) is 0 Å². The highest BCUT2D eigenvalue weighted by Crippen LogP contribution is 2.47. The molecule has 3 rings (SSSR count). The van der Waals surface area contributed by atoms with Crippen molar-refractivity contribution in [3.63, 3.8) is 0 Å². The van der Waals surface area contributed by atoms with E-state index < -0.39 is 29.1 Å². The van der Waals surface area contributed by atoms with E-state index in [9.17, 15) is 19.2 Å². The maximum Gasteiger partial charge on any atom is 0.302 e. The lowest BCUT2D eigenvalue weighted by Crippen LogP contribution is -2.57. The molecule has 0 saturated carbocycles. The topological polar surface area (TPSA) is 103 Å². The van der Waals surface area contributed by atoms with E-state index >= 15 is 0 Å². The number of carbonyl (C=O) groups excluding carboxylic acids is 4. The van der Waals surface area contributed by atoms with E-state index in [1.54, 1.807) is 27.8 Å². The van der Waals surface area contributed by atoms with Gasteiger partial charge in [-0.05, 0) is 35.8 Å². The molecular formula is C31H45N5O4. The lowest BCUT2D eigenvalue weighted by atomic mass is 9.80. The number of fused-ring (bicyclic) bond motifs is 2. The van der Waals surface area contributed by atoms with Crippen LogP contribution in [-0.4, -0.2) is 65.3 Å². The molecule has 1 fully saturated rings. The molecule has 1 aromatic rings. The predicted octanol–water partition coefficient (Wildman–Crippen LogP) is 4.19. The van der Waals surface area contributed by atoms with Gasteiger partial charge in [0.2, 0.25) is 17.7 Å². The first kappa shape index (κ1) is 31.1. The van der Waals surface area contributed by atoms with Crippen LogP contribution >= 0.6 is 0 Å². The Labute approximate surface area is 238 Å². The molecule has 0 aromatic heterocycles. The fourth-order valence-electron chi connectivity index (χ4n) is 5.61. The van der Waals surface area contributed by atoms with Gasteiger partial charge in [0.05, 0.1) is 6.42 Å². The van der Waals surface area contributed by atoms with Gasteiger partial charge >= 0.3 is 6.17 Å². The molecule has 9 heteroatoms. The van der Waals surface area contributed by atoms with E-state index in [1.165, 1.54) is 9.80 Å². The minimum atomic E-state index is -0.998. The number of hydrogen-bond donors (Lipinski definition) is 2. The lowest BCUT2D eigenvalue weighted by Gasteiger charge is -2.36. The van der Waals surface area contributed by atoms with E-state index in [2.05, 4.69) is 15.5 Å². The predicted molar refractivity (Wildman–Crippen MR) is 155 cm³/mol. The summed E-state index contributed by atoms with van der Waals surface area (Å²) in [5, 5.41) is 5.85. The maximum atomic E-state index is 14.2. The fraction of sp³-hybridized carbons (Fsp3) is 0.645. The molecule has 4 amide bonds. The number of amides is 4. The van der Waals surface area contributed by atoms with Crippen molar-refractivity contribution in [3.8, 4) is 0 Å². The van der Waals surface area contributed by atoms with E-state index in [0.717, 1.165) is 5.56 Å². The SMILES string of the molecule is [C-]#[N+][C@@H]1C[C@@]2(CN1C(=O)[C@H](CC(C)C)N(C)C(=O)[C@H](CC(C)(C)C)NC(=O)C(C)(C)C)C(=O)Nc1ccccc12. The molecule has 1 saturated heterocycles. The van der Waals surface area contributed by atoms with E-state index in [1.807, 2.05) is 58.9 Å². The number of rotatable bonds is 7. The Kier molecular flexibility index (Phi) is 8.73. The highest BCUT2D eigenvalue weighted by molar-refractivity contribution is 6.07. The maximum absolute atomic E-state index is 14.2. The molecule has 2 N–H and O–H groups in total. The second-order valence-electron chi connectivity index (χ2n) is 14.0. The zero-order chi connectivity index (χ0) is 30.2. The third-order valence-electron chi connectivity index (χ3n) is 7.78. The first-order chi connectivity index (χ1) is 18.4. The molecule has 2 aliphatic rings. The van der Waals surface area contributed by atoms with Gasteiger partial charge in [-0.1, -0.05) is 73.6 Å². The second kappa shape index (κ2) is 11.2. The fourth-order valence-corrected chi connectivity index (χ4v) is 5.61. The Bertz CT molecular complexity index is 1210. The first-order valence-corrected chi connectivity index (χ1v) is 14.1. The van der Waals surface area contributed by atoms with E-state index in [4.69, 9.17) is 6.57 Å². The molecule has 0 unspecified atom stereocenters. The molecule has 0 aliphatic carbocycles. The van der Waals surface area contributed by atoms with Crippen molar-refractivity contribution in [2.45, 2.75) is 98.3 Å². The summed E-state index contributed by atoms with van der Waals surface area (Å²) in [4.78, 5) is 61.0. The van der Waals surface area contributed by atoms with Gasteiger partial charge in [0.25, 0.3) is 5.91 Å². The third-order valence-corrected chi connectivity index (χ3v) is 7.78. The van der Waals surface area contributed by atoms with Gasteiger partial charge in [0, 0.05) is 24.7 Å². The molecule has 0 bridgehead atoms. The van der Waals surface area contributed by atoms with E-state index in [0.29, 0.717) is 18.5 Å². The van der Waals surface area contributed by atoms with Gasteiger partial charge in [0.15, 0.2) is 0 Å². The summed E-state index contributed by atoms with van der Waals surface area (Å²) in [6.07, 6.45) is 0.155. The van der Waals surface area contributed by atoms with Crippen molar-refractivity contribution in [1.82, 2.24) is 15.1 Å². The zero-order valence-electron chi connectivity index (χ0n) is 25.4. The van der Waals surface area contributed by atoms with Gasteiger partial charge in [0.1, 0.15) is 17.5 Å². The molecular weight excluding hydrogens is 506 g/mol. The smallest absolute Gasteiger partial charge is 0.302 e. The summed E-state index contributed by atoms with van der Waals surface area (Å²) in [5.74, 6) is -1.07. The van der Waals surface area contributed by atoms with Crippen molar-refractivity contribution in [3.05, 3.63) is 41.2 Å². The highest BCUT2D eigenvalue weighted by Gasteiger charge is 2.59. The quantitative estimate of drug-likeness (QED) is 0.496. The van der Waals surface area contributed by atoms with Crippen LogP contribution in [-0.2, 0) is 24.6 Å². The van der Waals surface area contributed by atoms with Crippen LogP contribution in [0.25, 0.3) is 4.85 Å². The van der Waals surface area contributed by atoms with Crippen LogP contribution in [0, 0.1) is 23.3 Å². The average Bonchev–Trinajstić information content (AvgIpc) is 3.37. The molecule has 9 nitrogen and oxygen atoms in total. The summed E-state index contributed by atoms with van der Waals surface area (Å²) >= 11 is 0. The molecule has 218 valence electrons. The Hall–Kier alpha value is -3.41. The van der Waals surface area contributed by atoms with Crippen LogP contribution in [0.15, 0.2) is 24.3 Å². The van der Waals surface area contributed by atoms with Gasteiger partial charge in [-0.2, -0.15) is 0 Å². The first-order valence-electron chi connectivity index (χ1n) is 14.1. The van der Waals surface area contributed by atoms with Crippen molar-refractivity contribution >= 4 is 29.3 Å². The third kappa shape index (κ3) is 6.32. The second-order valence-corrected chi connectivity index (χ2v) is 14.0. The summed E-state index contributed by atoms with van der Waals surface area (Å²) in [7, 11) is 1.60. The molecule has 4 atom stereocenters. The molecule has 1 spiro atoms. The van der Waals surface area contributed by atoms with Crippen LogP contribution in [0.1, 0.15) is 80.2 Å². The number of nitrogens with zero attached hydrogens (tertiary/aromatic N) is 3. The number of likely N-dealkylation sites (N-methyl/N-ethyl adjacent to an activating group) is 1. The largest absolute Gasteiger partial charge is 0.344 e. The van der Waals surface area contributed by atoms with Gasteiger partial charge < -0.3 is 15.5 Å². The van der Waals surface area contributed by atoms with Gasteiger partial charge in [-0.25, -0.2) is 6.57 Å². The summed E-state index contributed by atoms with van der Waals surface area (Å²) < 4.78 is 0. The Morgan fingerprint density at radius 1 is 1.18 bits per heavy atom. The number of nitrogens with one attached hydrogen (secondary N) is 2. The Morgan fingerprint density at radius 2 is 1.80 bits per heavy atom. The van der Waals surface area contributed by atoms with Gasteiger partial charge in [-0.3, -0.25) is 28.9 Å². The van der Waals surface area contributed by atoms with Crippen LogP contribution < -0.4 is 10.6 Å². The zero-order valence-corrected chi connectivity index (χ0v) is 25.4. The molecule has 40 heavy (non-hydrogen) atoms. The average molecular weight is 552 g/mol. The number of carbonyl (C=O) groups is 4. The van der Waals surface area contributed by atoms with Crippen molar-refractivity contribution in [2.24, 2.45) is 16.7 Å². The summed E-state index contributed by atoms with van der Waals surface area (Å²) in [5.41, 5.74) is -0.446. The van der Waals surface area contributed by atoms with Crippen LogP contribution in [0.3, 0.4) is 0 Å². The van der Waals surface area contributed by atoms with Crippen molar-refractivity contribution < 1.29 is 19.2 Å². The lowest BCUT2D eigenvalue weighted by molar-refractivity contribution is -0.148. The normalized spacial score (nSPS) is 22.0. The monoisotopic (exact) mass is 551 g/mol. The number of likely N-dealkylation sites (tertiary alicyclic amines) is 1. The molecule has 1 aromatic carbocycles. The molecule has 0 radical (unpaired) electrons.